The van der Waals surface area contributed by atoms with Crippen LogP contribution in [-0.2, 0) is 18.4 Å². The molecule has 0 rings (SSSR count). The first-order valence-electron chi connectivity index (χ1n) is 2.53. The average molecular weight is 164 g/mol. The van der Waals surface area contributed by atoms with Gasteiger partial charge >= 0.3 is 14.2 Å². The van der Waals surface area contributed by atoms with Crippen LogP contribution in [0.4, 0.5) is 0 Å². The topological polar surface area (TPSA) is 52.6 Å². The van der Waals surface area contributed by atoms with Gasteiger partial charge in [0.25, 0.3) is 0 Å². The summed E-state index contributed by atoms with van der Waals surface area (Å²) >= 11 is 0. The Morgan fingerprint density at radius 3 is 2.40 bits per heavy atom. The van der Waals surface area contributed by atoms with Crippen LogP contribution >= 0.6 is 8.25 Å². The van der Waals surface area contributed by atoms with Gasteiger partial charge in [0.15, 0.2) is 0 Å². The Labute approximate surface area is 59.8 Å². The van der Waals surface area contributed by atoms with Gasteiger partial charge < -0.3 is 9.05 Å². The lowest BCUT2D eigenvalue weighted by atomic mass is 10.4. The minimum atomic E-state index is -2.63. The van der Waals surface area contributed by atoms with Crippen molar-refractivity contribution in [1.29, 1.82) is 0 Å². The van der Waals surface area contributed by atoms with E-state index in [9.17, 15) is 9.36 Å². The molecule has 0 radical (unpaired) electrons. The molecular formula is C5H9O4P. The van der Waals surface area contributed by atoms with Crippen LogP contribution in [0.3, 0.4) is 0 Å². The van der Waals surface area contributed by atoms with Gasteiger partial charge in [0.2, 0.25) is 0 Å². The van der Waals surface area contributed by atoms with E-state index in [1.165, 1.54) is 14.0 Å². The highest BCUT2D eigenvalue weighted by Crippen LogP contribution is 2.22. The number of carbonyl (C=O) groups excluding carboxylic acids is 1. The molecule has 0 amide bonds. The van der Waals surface area contributed by atoms with Crippen molar-refractivity contribution < 1.29 is 18.4 Å². The summed E-state index contributed by atoms with van der Waals surface area (Å²) < 4.78 is 18.9. The van der Waals surface area contributed by atoms with Crippen molar-refractivity contribution in [3.8, 4) is 0 Å². The third-order valence-electron chi connectivity index (χ3n) is 0.691. The lowest BCUT2D eigenvalue weighted by Gasteiger charge is -1.99. The van der Waals surface area contributed by atoms with Crippen molar-refractivity contribution >= 4 is 14.2 Å². The Morgan fingerprint density at radius 2 is 2.10 bits per heavy atom. The second-order valence-corrected chi connectivity index (χ2v) is 2.74. The first-order chi connectivity index (χ1) is 4.57. The second-order valence-electron chi connectivity index (χ2n) is 1.62. The standard InChI is InChI=1S/C5H9O4P/c1-4(2)5(6)9-10(7)8-3/h10H,1H2,2-3H3. The van der Waals surface area contributed by atoms with Crippen LogP contribution in [0.1, 0.15) is 6.92 Å². The fourth-order valence-corrected chi connectivity index (χ4v) is 0.613. The van der Waals surface area contributed by atoms with Crippen molar-refractivity contribution in [1.82, 2.24) is 0 Å². The summed E-state index contributed by atoms with van der Waals surface area (Å²) in [5, 5.41) is 0. The lowest BCUT2D eigenvalue weighted by molar-refractivity contribution is -0.130. The number of hydrogen-bond donors (Lipinski definition) is 0. The third kappa shape index (κ3) is 3.43. The summed E-state index contributed by atoms with van der Waals surface area (Å²) in [6, 6.07) is 0. The van der Waals surface area contributed by atoms with E-state index in [0.717, 1.165) is 0 Å². The fraction of sp³-hybridized carbons (Fsp3) is 0.400. The molecule has 0 aromatic carbocycles. The van der Waals surface area contributed by atoms with Gasteiger partial charge in [0.1, 0.15) is 0 Å². The van der Waals surface area contributed by atoms with E-state index in [1.54, 1.807) is 0 Å². The largest absolute Gasteiger partial charge is 0.390 e. The first kappa shape index (κ1) is 9.40. The SMILES string of the molecule is C=C(C)C(=O)O[PH](=O)OC. The van der Waals surface area contributed by atoms with Gasteiger partial charge in [-0.25, -0.2) is 9.36 Å². The summed E-state index contributed by atoms with van der Waals surface area (Å²) in [5.74, 6) is -0.689. The fourth-order valence-electron chi connectivity index (χ4n) is 0.204. The van der Waals surface area contributed by atoms with Crippen molar-refractivity contribution in [3.63, 3.8) is 0 Å². The normalized spacial score (nSPS) is 12.2. The van der Waals surface area contributed by atoms with E-state index in [0.29, 0.717) is 0 Å². The van der Waals surface area contributed by atoms with Crippen LogP contribution in [-0.4, -0.2) is 13.1 Å². The smallest absolute Gasteiger partial charge is 0.369 e. The maximum atomic E-state index is 10.5. The van der Waals surface area contributed by atoms with Crippen molar-refractivity contribution in [2.75, 3.05) is 7.11 Å². The summed E-state index contributed by atoms with van der Waals surface area (Å²) in [4.78, 5) is 10.5. The minimum Gasteiger partial charge on any atom is -0.390 e. The van der Waals surface area contributed by atoms with Crippen LogP contribution in [0.25, 0.3) is 0 Å². The third-order valence-corrected chi connectivity index (χ3v) is 1.38. The highest BCUT2D eigenvalue weighted by Gasteiger charge is 2.06. The van der Waals surface area contributed by atoms with Crippen LogP contribution in [0.2, 0.25) is 0 Å². The molecule has 0 aromatic rings. The molecule has 1 unspecified atom stereocenters. The van der Waals surface area contributed by atoms with Gasteiger partial charge in [-0.2, -0.15) is 0 Å². The zero-order chi connectivity index (χ0) is 8.15. The van der Waals surface area contributed by atoms with E-state index in [2.05, 4.69) is 15.6 Å². The van der Waals surface area contributed by atoms with Crippen LogP contribution in [0.5, 0.6) is 0 Å². The molecule has 0 heterocycles. The van der Waals surface area contributed by atoms with Gasteiger partial charge in [-0.1, -0.05) is 6.58 Å². The highest BCUT2D eigenvalue weighted by molar-refractivity contribution is 7.34. The van der Waals surface area contributed by atoms with Crippen LogP contribution in [0.15, 0.2) is 12.2 Å². The highest BCUT2D eigenvalue weighted by atomic mass is 31.1. The van der Waals surface area contributed by atoms with Gasteiger partial charge in [-0.3, -0.25) is 0 Å². The Balaban J connectivity index is 3.80. The predicted molar refractivity (Wildman–Crippen MR) is 36.9 cm³/mol. The molecule has 5 heteroatoms. The molecule has 0 fully saturated rings. The number of carbonyl (C=O) groups is 1. The van der Waals surface area contributed by atoms with E-state index in [-0.39, 0.29) is 5.57 Å². The monoisotopic (exact) mass is 164 g/mol. The van der Waals surface area contributed by atoms with Gasteiger partial charge in [-0.15, -0.1) is 0 Å². The van der Waals surface area contributed by atoms with E-state index >= 15 is 0 Å². The lowest BCUT2D eigenvalue weighted by Crippen LogP contribution is -1.98. The van der Waals surface area contributed by atoms with Crippen molar-refractivity contribution in [3.05, 3.63) is 12.2 Å². The second kappa shape index (κ2) is 4.25. The molecule has 0 aliphatic rings. The molecule has 0 saturated heterocycles. The Hall–Kier alpha value is -0.600. The van der Waals surface area contributed by atoms with E-state index in [1.807, 2.05) is 0 Å². The van der Waals surface area contributed by atoms with Crippen molar-refractivity contribution in [2.45, 2.75) is 6.92 Å². The molecule has 0 saturated carbocycles. The van der Waals surface area contributed by atoms with Crippen LogP contribution in [0, 0.1) is 0 Å². The molecule has 0 N–H and O–H groups in total. The molecule has 1 atom stereocenters. The van der Waals surface area contributed by atoms with Crippen molar-refractivity contribution in [2.24, 2.45) is 0 Å². The zero-order valence-corrected chi connectivity index (χ0v) is 6.84. The molecular weight excluding hydrogens is 155 g/mol. The van der Waals surface area contributed by atoms with E-state index < -0.39 is 14.2 Å². The first-order valence-corrected chi connectivity index (χ1v) is 3.76. The summed E-state index contributed by atoms with van der Waals surface area (Å²) in [6.07, 6.45) is 0. The number of hydrogen-bond acceptors (Lipinski definition) is 4. The molecule has 0 bridgehead atoms. The summed E-state index contributed by atoms with van der Waals surface area (Å²) in [5.41, 5.74) is 0.204. The molecule has 58 valence electrons. The van der Waals surface area contributed by atoms with Crippen LogP contribution < -0.4 is 0 Å². The minimum absolute atomic E-state index is 0.204. The Morgan fingerprint density at radius 1 is 1.60 bits per heavy atom. The van der Waals surface area contributed by atoms with E-state index in [4.69, 9.17) is 0 Å². The van der Waals surface area contributed by atoms with Gasteiger partial charge in [-0.05, 0) is 6.92 Å². The van der Waals surface area contributed by atoms with Gasteiger partial charge in [0, 0.05) is 12.7 Å². The number of rotatable bonds is 3. The molecule has 0 aliphatic heterocycles. The zero-order valence-electron chi connectivity index (χ0n) is 5.84. The maximum absolute atomic E-state index is 10.5. The summed E-state index contributed by atoms with van der Waals surface area (Å²) in [7, 11) is -1.43. The Bertz CT molecular complexity index is 174. The van der Waals surface area contributed by atoms with Gasteiger partial charge in [0.05, 0.1) is 0 Å². The molecule has 10 heavy (non-hydrogen) atoms. The molecule has 0 spiro atoms. The summed E-state index contributed by atoms with van der Waals surface area (Å²) in [6.45, 7) is 4.76. The predicted octanol–water partition coefficient (Wildman–Crippen LogP) is 1.14. The Kier molecular flexibility index (Phi) is 4.00. The molecule has 0 aliphatic carbocycles. The molecule has 0 aromatic heterocycles. The quantitative estimate of drug-likeness (QED) is 0.463. The maximum Gasteiger partial charge on any atom is 0.369 e. The average Bonchev–Trinajstić information content (AvgIpc) is 1.87. The molecule has 4 nitrogen and oxygen atoms in total.